The maximum absolute atomic E-state index is 12.6. The van der Waals surface area contributed by atoms with Gasteiger partial charge in [-0.25, -0.2) is 4.79 Å². The molecule has 7 heteroatoms. The number of nitrogens with zero attached hydrogens (tertiary/aromatic N) is 2. The minimum atomic E-state index is -0.917. The van der Waals surface area contributed by atoms with Gasteiger partial charge in [-0.1, -0.05) is 26.0 Å². The summed E-state index contributed by atoms with van der Waals surface area (Å²) < 4.78 is 0. The molecule has 1 heterocycles. The van der Waals surface area contributed by atoms with Crippen LogP contribution in [0, 0.1) is 23.0 Å². The number of carbonyl (C=O) groups is 2. The second kappa shape index (κ2) is 5.98. The number of hydrogen-bond acceptors (Lipinski definition) is 4. The third-order valence-electron chi connectivity index (χ3n) is 4.10. The first-order valence-corrected chi connectivity index (χ1v) is 7.52. The van der Waals surface area contributed by atoms with E-state index in [0.29, 0.717) is 17.5 Å². The van der Waals surface area contributed by atoms with E-state index in [-0.39, 0.29) is 24.1 Å². The van der Waals surface area contributed by atoms with Gasteiger partial charge in [-0.05, 0) is 31.7 Å². The van der Waals surface area contributed by atoms with Crippen molar-refractivity contribution < 1.29 is 14.5 Å². The van der Waals surface area contributed by atoms with Gasteiger partial charge in [0, 0.05) is 11.6 Å². The molecule has 0 aromatic heterocycles. The molecule has 0 spiro atoms. The number of nitro groups is 1. The maximum atomic E-state index is 12.6. The van der Waals surface area contributed by atoms with Gasteiger partial charge in [0.05, 0.1) is 11.5 Å². The van der Waals surface area contributed by atoms with Gasteiger partial charge in [0.1, 0.15) is 5.54 Å². The van der Waals surface area contributed by atoms with E-state index in [0.717, 1.165) is 4.90 Å². The van der Waals surface area contributed by atoms with Crippen LogP contribution in [0.3, 0.4) is 0 Å². The fraction of sp³-hybridized carbons (Fsp3) is 0.500. The van der Waals surface area contributed by atoms with Crippen molar-refractivity contribution in [1.82, 2.24) is 10.2 Å². The molecule has 1 N–H and O–H groups in total. The molecule has 7 nitrogen and oxygen atoms in total. The summed E-state index contributed by atoms with van der Waals surface area (Å²) in [6.45, 7) is 7.34. The fourth-order valence-corrected chi connectivity index (χ4v) is 3.05. The molecule has 23 heavy (non-hydrogen) atoms. The molecule has 0 bridgehead atoms. The summed E-state index contributed by atoms with van der Waals surface area (Å²) in [4.78, 5) is 36.5. The third kappa shape index (κ3) is 3.18. The summed E-state index contributed by atoms with van der Waals surface area (Å²) in [7, 11) is 0. The normalized spacial score (nSPS) is 21.0. The number of rotatable bonds is 5. The van der Waals surface area contributed by atoms with Crippen molar-refractivity contribution in [1.29, 1.82) is 0 Å². The Balaban J connectivity index is 2.28. The van der Waals surface area contributed by atoms with Gasteiger partial charge in [-0.2, -0.15) is 0 Å². The van der Waals surface area contributed by atoms with Crippen LogP contribution in [-0.2, 0) is 11.3 Å². The second-order valence-electron chi connectivity index (χ2n) is 6.57. The number of amides is 3. The molecule has 0 saturated carbocycles. The van der Waals surface area contributed by atoms with Crippen LogP contribution in [0.2, 0.25) is 0 Å². The molecule has 3 amide bonds. The van der Waals surface area contributed by atoms with E-state index in [1.807, 2.05) is 13.8 Å². The highest BCUT2D eigenvalue weighted by Gasteiger charge is 2.47. The van der Waals surface area contributed by atoms with Crippen LogP contribution in [0.25, 0.3) is 0 Å². The van der Waals surface area contributed by atoms with Crippen LogP contribution in [0.15, 0.2) is 18.2 Å². The van der Waals surface area contributed by atoms with E-state index in [4.69, 9.17) is 0 Å². The summed E-state index contributed by atoms with van der Waals surface area (Å²) in [6.07, 6.45) is 0.544. The van der Waals surface area contributed by atoms with Gasteiger partial charge >= 0.3 is 6.03 Å². The van der Waals surface area contributed by atoms with E-state index in [9.17, 15) is 19.7 Å². The number of nitro benzene ring substituents is 1. The molecule has 1 fully saturated rings. The number of carbonyl (C=O) groups excluding carboxylic acids is 2. The summed E-state index contributed by atoms with van der Waals surface area (Å²) in [5.41, 5.74) is 0.131. The predicted octanol–water partition coefficient (Wildman–Crippen LogP) is 2.76. The molecule has 0 radical (unpaired) electrons. The monoisotopic (exact) mass is 319 g/mol. The molecule has 0 aliphatic carbocycles. The van der Waals surface area contributed by atoms with Crippen molar-refractivity contribution in [3.63, 3.8) is 0 Å². The van der Waals surface area contributed by atoms with E-state index >= 15 is 0 Å². The Labute approximate surface area is 134 Å². The first kappa shape index (κ1) is 16.9. The minimum absolute atomic E-state index is 0.0144. The number of nitrogens with one attached hydrogen (secondary N) is 1. The number of urea groups is 1. The maximum Gasteiger partial charge on any atom is 0.325 e. The Morgan fingerprint density at radius 1 is 1.35 bits per heavy atom. The van der Waals surface area contributed by atoms with E-state index in [1.54, 1.807) is 26.0 Å². The lowest BCUT2D eigenvalue weighted by atomic mass is 9.91. The minimum Gasteiger partial charge on any atom is -0.323 e. The quantitative estimate of drug-likeness (QED) is 0.513. The van der Waals surface area contributed by atoms with Crippen LogP contribution >= 0.6 is 0 Å². The van der Waals surface area contributed by atoms with Gasteiger partial charge in [-0.3, -0.25) is 19.8 Å². The Morgan fingerprint density at radius 3 is 2.57 bits per heavy atom. The number of benzene rings is 1. The fourth-order valence-electron chi connectivity index (χ4n) is 3.05. The molecule has 2 rings (SSSR count). The van der Waals surface area contributed by atoms with E-state index < -0.39 is 16.5 Å². The number of hydrogen-bond donors (Lipinski definition) is 1. The first-order valence-electron chi connectivity index (χ1n) is 7.52. The smallest absolute Gasteiger partial charge is 0.323 e. The summed E-state index contributed by atoms with van der Waals surface area (Å²) in [5.74, 6) is -0.0362. The second-order valence-corrected chi connectivity index (χ2v) is 6.57. The standard InChI is InChI=1S/C16H21N3O4/c1-10(2)8-16(4)14(20)18(15(21)17-16)9-12-6-5-7-13(11(12)3)19(22)23/h5-7,10H,8-9H2,1-4H3,(H,17,21). The Bertz CT molecular complexity index is 671. The SMILES string of the molecule is Cc1c(CN2C(=O)NC(C)(CC(C)C)C2=O)cccc1[N+](=O)[O-]. The van der Waals surface area contributed by atoms with Crippen molar-refractivity contribution in [2.24, 2.45) is 5.92 Å². The molecule has 1 aromatic rings. The van der Waals surface area contributed by atoms with Crippen molar-refractivity contribution in [2.75, 3.05) is 0 Å². The topological polar surface area (TPSA) is 92.6 Å². The van der Waals surface area contributed by atoms with Crippen molar-refractivity contribution in [3.8, 4) is 0 Å². The zero-order valence-electron chi connectivity index (χ0n) is 13.8. The molecule has 124 valence electrons. The van der Waals surface area contributed by atoms with Crippen molar-refractivity contribution in [3.05, 3.63) is 39.4 Å². The summed E-state index contributed by atoms with van der Waals surface area (Å²) in [5, 5.41) is 13.8. The lowest BCUT2D eigenvalue weighted by molar-refractivity contribution is -0.385. The van der Waals surface area contributed by atoms with Crippen LogP contribution in [-0.4, -0.2) is 27.3 Å². The molecule has 1 aromatic carbocycles. The molecular formula is C16H21N3O4. The molecule has 1 atom stereocenters. The summed E-state index contributed by atoms with van der Waals surface area (Å²) in [6, 6.07) is 4.21. The van der Waals surface area contributed by atoms with Gasteiger partial charge in [-0.15, -0.1) is 0 Å². The van der Waals surface area contributed by atoms with Crippen LogP contribution in [0.4, 0.5) is 10.5 Å². The van der Waals surface area contributed by atoms with Crippen molar-refractivity contribution in [2.45, 2.75) is 46.2 Å². The predicted molar refractivity (Wildman–Crippen MR) is 84.8 cm³/mol. The van der Waals surface area contributed by atoms with Gasteiger partial charge in [0.15, 0.2) is 0 Å². The van der Waals surface area contributed by atoms with E-state index in [2.05, 4.69) is 5.32 Å². The number of imide groups is 1. The van der Waals surface area contributed by atoms with Gasteiger partial charge in [0.2, 0.25) is 0 Å². The largest absolute Gasteiger partial charge is 0.325 e. The van der Waals surface area contributed by atoms with Crippen LogP contribution < -0.4 is 5.32 Å². The van der Waals surface area contributed by atoms with Crippen LogP contribution in [0.5, 0.6) is 0 Å². The average molecular weight is 319 g/mol. The zero-order chi connectivity index (χ0) is 17.4. The first-order chi connectivity index (χ1) is 10.7. The zero-order valence-corrected chi connectivity index (χ0v) is 13.8. The highest BCUT2D eigenvalue weighted by molar-refractivity contribution is 6.06. The molecule has 1 aliphatic heterocycles. The van der Waals surface area contributed by atoms with Gasteiger partial charge < -0.3 is 5.32 Å². The van der Waals surface area contributed by atoms with E-state index in [1.165, 1.54) is 6.07 Å². The summed E-state index contributed by atoms with van der Waals surface area (Å²) >= 11 is 0. The molecule has 1 aliphatic rings. The lowest BCUT2D eigenvalue weighted by Crippen LogP contribution is -2.44. The Kier molecular flexibility index (Phi) is 4.40. The molecule has 1 saturated heterocycles. The average Bonchev–Trinajstić information content (AvgIpc) is 2.63. The molecule has 1 unspecified atom stereocenters. The van der Waals surface area contributed by atoms with Crippen molar-refractivity contribution >= 4 is 17.6 Å². The lowest BCUT2D eigenvalue weighted by Gasteiger charge is -2.23. The highest BCUT2D eigenvalue weighted by atomic mass is 16.6. The van der Waals surface area contributed by atoms with Gasteiger partial charge in [0.25, 0.3) is 11.6 Å². The third-order valence-corrected chi connectivity index (χ3v) is 4.10. The molecular weight excluding hydrogens is 298 g/mol. The Hall–Kier alpha value is -2.44. The Morgan fingerprint density at radius 2 is 2.00 bits per heavy atom. The van der Waals surface area contributed by atoms with Crippen LogP contribution in [0.1, 0.15) is 38.3 Å². The highest BCUT2D eigenvalue weighted by Crippen LogP contribution is 2.28.